The van der Waals surface area contributed by atoms with Crippen molar-refractivity contribution < 1.29 is 18.7 Å². The van der Waals surface area contributed by atoms with Crippen molar-refractivity contribution in [2.45, 2.75) is 19.4 Å². The summed E-state index contributed by atoms with van der Waals surface area (Å²) < 4.78 is 26.0. The van der Waals surface area contributed by atoms with Crippen LogP contribution in [0.4, 0.5) is 8.78 Å². The van der Waals surface area contributed by atoms with Gasteiger partial charge < -0.3 is 10.8 Å². The van der Waals surface area contributed by atoms with Crippen LogP contribution in [0.5, 0.6) is 0 Å². The molecule has 1 aromatic heterocycles. The third-order valence-electron chi connectivity index (χ3n) is 1.95. The standard InChI is InChI=1S/C9H9F2IN2O2/c10-9(11)8-4(2-7(15)16)1-6(12)14-5(8)3-13/h1,9H,2-3,13H2,(H,15,16). The summed E-state index contributed by atoms with van der Waals surface area (Å²) in [4.78, 5) is 14.4. The average Bonchev–Trinajstić information content (AvgIpc) is 2.14. The fourth-order valence-electron chi connectivity index (χ4n) is 1.36. The third-order valence-corrected chi connectivity index (χ3v) is 2.50. The van der Waals surface area contributed by atoms with E-state index in [-0.39, 0.29) is 23.4 Å². The van der Waals surface area contributed by atoms with Crippen LogP contribution in [-0.4, -0.2) is 16.1 Å². The summed E-state index contributed by atoms with van der Waals surface area (Å²) in [6.45, 7) is -0.136. The Morgan fingerprint density at radius 1 is 1.62 bits per heavy atom. The molecule has 0 atom stereocenters. The number of rotatable bonds is 4. The highest BCUT2D eigenvalue weighted by molar-refractivity contribution is 14.1. The van der Waals surface area contributed by atoms with Crippen LogP contribution in [0, 0.1) is 3.70 Å². The van der Waals surface area contributed by atoms with Crippen LogP contribution in [0.15, 0.2) is 6.07 Å². The van der Waals surface area contributed by atoms with Crippen molar-refractivity contribution >= 4 is 28.6 Å². The fraction of sp³-hybridized carbons (Fsp3) is 0.333. The van der Waals surface area contributed by atoms with Gasteiger partial charge in [-0.3, -0.25) is 4.79 Å². The largest absolute Gasteiger partial charge is 0.481 e. The molecule has 1 rings (SSSR count). The highest BCUT2D eigenvalue weighted by atomic mass is 127. The maximum Gasteiger partial charge on any atom is 0.307 e. The van der Waals surface area contributed by atoms with Gasteiger partial charge in [-0.15, -0.1) is 0 Å². The summed E-state index contributed by atoms with van der Waals surface area (Å²) in [6.07, 6.45) is -3.22. The molecule has 0 saturated heterocycles. The molecule has 7 heteroatoms. The monoisotopic (exact) mass is 342 g/mol. The zero-order valence-electron chi connectivity index (χ0n) is 8.08. The van der Waals surface area contributed by atoms with Gasteiger partial charge in [0.25, 0.3) is 6.43 Å². The Hall–Kier alpha value is -0.830. The quantitative estimate of drug-likeness (QED) is 0.645. The summed E-state index contributed by atoms with van der Waals surface area (Å²) in [5, 5.41) is 8.63. The zero-order valence-corrected chi connectivity index (χ0v) is 10.2. The predicted molar refractivity (Wildman–Crippen MR) is 61.1 cm³/mol. The highest BCUT2D eigenvalue weighted by Crippen LogP contribution is 2.27. The van der Waals surface area contributed by atoms with Crippen molar-refractivity contribution in [3.05, 3.63) is 26.6 Å². The summed E-state index contributed by atoms with van der Waals surface area (Å²) in [5.41, 5.74) is 5.08. The minimum absolute atomic E-state index is 0.0538. The topological polar surface area (TPSA) is 76.2 Å². The summed E-state index contributed by atoms with van der Waals surface area (Å²) in [6, 6.07) is 1.34. The maximum atomic E-state index is 12.8. The second-order valence-electron chi connectivity index (χ2n) is 3.04. The number of carboxylic acids is 1. The van der Waals surface area contributed by atoms with E-state index in [2.05, 4.69) is 4.98 Å². The van der Waals surface area contributed by atoms with Crippen molar-refractivity contribution in [3.8, 4) is 0 Å². The van der Waals surface area contributed by atoms with Crippen molar-refractivity contribution in [1.82, 2.24) is 4.98 Å². The first kappa shape index (κ1) is 13.2. The van der Waals surface area contributed by atoms with Crippen molar-refractivity contribution in [3.63, 3.8) is 0 Å². The molecule has 3 N–H and O–H groups in total. The molecule has 88 valence electrons. The van der Waals surface area contributed by atoms with Gasteiger partial charge in [-0.05, 0) is 34.2 Å². The van der Waals surface area contributed by atoms with E-state index in [1.807, 2.05) is 22.6 Å². The van der Waals surface area contributed by atoms with Crippen LogP contribution in [0.1, 0.15) is 23.2 Å². The first-order chi connectivity index (χ1) is 7.45. The normalized spacial score (nSPS) is 10.8. The second kappa shape index (κ2) is 5.48. The molecule has 0 saturated carbocycles. The molecular weight excluding hydrogens is 333 g/mol. The van der Waals surface area contributed by atoms with Gasteiger partial charge in [0.2, 0.25) is 0 Å². The van der Waals surface area contributed by atoms with Gasteiger partial charge in [0, 0.05) is 12.1 Å². The number of nitrogens with two attached hydrogens (primary N) is 1. The molecule has 0 aliphatic rings. The number of aliphatic carboxylic acids is 1. The molecule has 0 fully saturated rings. The molecular formula is C9H9F2IN2O2. The number of aromatic nitrogens is 1. The molecule has 0 amide bonds. The second-order valence-corrected chi connectivity index (χ2v) is 4.15. The molecule has 0 bridgehead atoms. The Labute approximate surface area is 104 Å². The lowest BCUT2D eigenvalue weighted by molar-refractivity contribution is -0.136. The zero-order chi connectivity index (χ0) is 12.3. The van der Waals surface area contributed by atoms with E-state index < -0.39 is 18.8 Å². The van der Waals surface area contributed by atoms with E-state index in [1.54, 1.807) is 0 Å². The van der Waals surface area contributed by atoms with E-state index in [9.17, 15) is 13.6 Å². The van der Waals surface area contributed by atoms with Crippen LogP contribution in [0.3, 0.4) is 0 Å². The third kappa shape index (κ3) is 3.08. The highest BCUT2D eigenvalue weighted by Gasteiger charge is 2.20. The molecule has 0 aliphatic heterocycles. The smallest absolute Gasteiger partial charge is 0.307 e. The van der Waals surface area contributed by atoms with E-state index in [0.717, 1.165) is 0 Å². The number of carboxylic acid groups (broad SMARTS) is 1. The Balaban J connectivity index is 3.32. The van der Waals surface area contributed by atoms with Crippen molar-refractivity contribution in [2.75, 3.05) is 0 Å². The summed E-state index contributed by atoms with van der Waals surface area (Å²) in [5.74, 6) is -1.16. The van der Waals surface area contributed by atoms with Gasteiger partial charge >= 0.3 is 5.97 Å². The molecule has 16 heavy (non-hydrogen) atoms. The van der Waals surface area contributed by atoms with Crippen LogP contribution >= 0.6 is 22.6 Å². The van der Waals surface area contributed by atoms with E-state index in [1.165, 1.54) is 6.07 Å². The lowest BCUT2D eigenvalue weighted by Gasteiger charge is -2.11. The number of halogens is 3. The average molecular weight is 342 g/mol. The Kier molecular flexibility index (Phi) is 4.54. The predicted octanol–water partition coefficient (Wildman–Crippen LogP) is 1.71. The lowest BCUT2D eigenvalue weighted by atomic mass is 10.0. The van der Waals surface area contributed by atoms with Crippen molar-refractivity contribution in [2.24, 2.45) is 5.73 Å². The summed E-state index contributed by atoms with van der Waals surface area (Å²) >= 11 is 1.84. The van der Waals surface area contributed by atoms with E-state index >= 15 is 0 Å². The van der Waals surface area contributed by atoms with E-state index in [0.29, 0.717) is 3.70 Å². The molecule has 0 spiro atoms. The molecule has 0 radical (unpaired) electrons. The van der Waals surface area contributed by atoms with Crippen LogP contribution in [-0.2, 0) is 17.8 Å². The molecule has 0 aromatic carbocycles. The maximum absolute atomic E-state index is 12.8. The van der Waals surface area contributed by atoms with Crippen LogP contribution < -0.4 is 5.73 Å². The minimum Gasteiger partial charge on any atom is -0.481 e. The van der Waals surface area contributed by atoms with E-state index in [4.69, 9.17) is 10.8 Å². The minimum atomic E-state index is -2.77. The Morgan fingerprint density at radius 3 is 2.69 bits per heavy atom. The number of pyridine rings is 1. The molecule has 0 aliphatic carbocycles. The number of hydrogen-bond acceptors (Lipinski definition) is 3. The molecule has 0 unspecified atom stereocenters. The molecule has 1 aromatic rings. The van der Waals surface area contributed by atoms with Crippen LogP contribution in [0.2, 0.25) is 0 Å². The first-order valence-electron chi connectivity index (χ1n) is 4.34. The lowest BCUT2D eigenvalue weighted by Crippen LogP contribution is -2.12. The van der Waals surface area contributed by atoms with Gasteiger partial charge in [-0.1, -0.05) is 0 Å². The fourth-order valence-corrected chi connectivity index (χ4v) is 2.03. The van der Waals surface area contributed by atoms with Gasteiger partial charge in [-0.2, -0.15) is 0 Å². The van der Waals surface area contributed by atoms with Crippen molar-refractivity contribution in [1.29, 1.82) is 0 Å². The van der Waals surface area contributed by atoms with Gasteiger partial charge in [0.1, 0.15) is 3.70 Å². The summed E-state index contributed by atoms with van der Waals surface area (Å²) in [7, 11) is 0. The SMILES string of the molecule is NCc1nc(I)cc(CC(=O)O)c1C(F)F. The molecule has 4 nitrogen and oxygen atoms in total. The number of nitrogens with zero attached hydrogens (tertiary/aromatic N) is 1. The van der Waals surface area contributed by atoms with Gasteiger partial charge in [0.05, 0.1) is 12.1 Å². The first-order valence-corrected chi connectivity index (χ1v) is 5.41. The Bertz CT molecular complexity index is 413. The molecule has 1 heterocycles. The van der Waals surface area contributed by atoms with Gasteiger partial charge in [-0.25, -0.2) is 13.8 Å². The van der Waals surface area contributed by atoms with Crippen LogP contribution in [0.25, 0.3) is 0 Å². The number of hydrogen-bond donors (Lipinski definition) is 2. The number of alkyl halides is 2. The number of carbonyl (C=O) groups is 1. The Morgan fingerprint density at radius 2 is 2.25 bits per heavy atom. The van der Waals surface area contributed by atoms with Gasteiger partial charge in [0.15, 0.2) is 0 Å².